The molecule has 0 fully saturated rings. The van der Waals surface area contributed by atoms with Crippen LogP contribution in [0.4, 0.5) is 0 Å². The molecule has 0 spiro atoms. The zero-order valence-electron chi connectivity index (χ0n) is 11.0. The van der Waals surface area contributed by atoms with Crippen LogP contribution in [0, 0.1) is 5.92 Å². The molecule has 16 heavy (non-hydrogen) atoms. The Labute approximate surface area is 98.4 Å². The van der Waals surface area contributed by atoms with Crippen LogP contribution in [0.1, 0.15) is 33.6 Å². The van der Waals surface area contributed by atoms with Crippen LogP contribution in [0.3, 0.4) is 0 Å². The highest BCUT2D eigenvalue weighted by Crippen LogP contribution is 2.08. The quantitative estimate of drug-likeness (QED) is 0.663. The summed E-state index contributed by atoms with van der Waals surface area (Å²) in [5.74, 6) is 0.322. The van der Waals surface area contributed by atoms with Crippen molar-refractivity contribution in [2.24, 2.45) is 5.92 Å². The summed E-state index contributed by atoms with van der Waals surface area (Å²) in [6.07, 6.45) is 1.02. The van der Waals surface area contributed by atoms with E-state index in [1.165, 1.54) is 6.92 Å². The summed E-state index contributed by atoms with van der Waals surface area (Å²) in [7, 11) is 4.01. The van der Waals surface area contributed by atoms with Gasteiger partial charge in [-0.15, -0.1) is 0 Å². The van der Waals surface area contributed by atoms with Crippen molar-refractivity contribution in [1.29, 1.82) is 0 Å². The molecule has 1 unspecified atom stereocenters. The molecule has 0 heterocycles. The number of carbonyl (C=O) groups is 2. The van der Waals surface area contributed by atoms with Crippen molar-refractivity contribution in [3.05, 3.63) is 0 Å². The summed E-state index contributed by atoms with van der Waals surface area (Å²) >= 11 is 0. The second kappa shape index (κ2) is 7.39. The van der Waals surface area contributed by atoms with E-state index < -0.39 is 0 Å². The average molecular weight is 228 g/mol. The highest BCUT2D eigenvalue weighted by molar-refractivity contribution is 5.96. The van der Waals surface area contributed by atoms with Crippen LogP contribution in [0.5, 0.6) is 0 Å². The van der Waals surface area contributed by atoms with Crippen LogP contribution in [0.15, 0.2) is 0 Å². The minimum Gasteiger partial charge on any atom is -0.354 e. The number of nitrogens with one attached hydrogen (secondary N) is 1. The molecule has 0 aromatic carbocycles. The lowest BCUT2D eigenvalue weighted by atomic mass is 10.0. The molecule has 4 heteroatoms. The first-order valence-corrected chi connectivity index (χ1v) is 5.75. The predicted octanol–water partition coefficient (Wildman–Crippen LogP) is 1.06. The van der Waals surface area contributed by atoms with Crippen molar-refractivity contribution in [2.45, 2.75) is 39.7 Å². The number of hydrogen-bond acceptors (Lipinski definition) is 3. The van der Waals surface area contributed by atoms with Crippen molar-refractivity contribution >= 4 is 11.7 Å². The Morgan fingerprint density at radius 2 is 1.81 bits per heavy atom. The van der Waals surface area contributed by atoms with E-state index in [9.17, 15) is 9.59 Å². The molecule has 0 aliphatic heterocycles. The van der Waals surface area contributed by atoms with Gasteiger partial charge in [-0.05, 0) is 33.4 Å². The maximum absolute atomic E-state index is 11.3. The molecule has 0 saturated carbocycles. The summed E-state index contributed by atoms with van der Waals surface area (Å²) in [5, 5.41) is 2.80. The Bertz CT molecular complexity index is 237. The fraction of sp³-hybridized carbons (Fsp3) is 0.833. The number of hydrogen-bond donors (Lipinski definition) is 1. The molecule has 0 aromatic rings. The third-order valence-electron chi connectivity index (χ3n) is 2.42. The second-order valence-corrected chi connectivity index (χ2v) is 4.93. The molecule has 0 aliphatic carbocycles. The van der Waals surface area contributed by atoms with E-state index in [4.69, 9.17) is 0 Å². The Kier molecular flexibility index (Phi) is 6.97. The van der Waals surface area contributed by atoms with Gasteiger partial charge in [0.1, 0.15) is 5.78 Å². The van der Waals surface area contributed by atoms with E-state index in [0.29, 0.717) is 18.5 Å². The summed E-state index contributed by atoms with van der Waals surface area (Å²) in [4.78, 5) is 24.2. The van der Waals surface area contributed by atoms with Gasteiger partial charge in [0.25, 0.3) is 0 Å². The Balaban J connectivity index is 4.01. The predicted molar refractivity (Wildman–Crippen MR) is 65.2 cm³/mol. The molecule has 0 bridgehead atoms. The largest absolute Gasteiger partial charge is 0.354 e. The normalized spacial score (nSPS) is 12.9. The summed E-state index contributed by atoms with van der Waals surface area (Å²) in [6.45, 7) is 6.36. The first-order valence-electron chi connectivity index (χ1n) is 5.75. The number of nitrogens with zero attached hydrogens (tertiary/aromatic N) is 1. The van der Waals surface area contributed by atoms with Gasteiger partial charge in [-0.1, -0.05) is 13.8 Å². The minimum atomic E-state index is -0.178. The third-order valence-corrected chi connectivity index (χ3v) is 2.42. The smallest absolute Gasteiger partial charge is 0.227 e. The lowest BCUT2D eigenvalue weighted by Gasteiger charge is -2.26. The maximum Gasteiger partial charge on any atom is 0.227 e. The number of ketones is 1. The van der Waals surface area contributed by atoms with Crippen LogP contribution >= 0.6 is 0 Å². The highest BCUT2D eigenvalue weighted by Gasteiger charge is 2.14. The second-order valence-electron chi connectivity index (χ2n) is 4.93. The first-order chi connectivity index (χ1) is 7.32. The molecule has 1 N–H and O–H groups in total. The number of amides is 1. The standard InChI is InChI=1S/C12H24N2O2/c1-9(2)6-11(14(4)5)8-13-12(16)7-10(3)15/h9,11H,6-8H2,1-5H3,(H,13,16). The van der Waals surface area contributed by atoms with Gasteiger partial charge in [-0.25, -0.2) is 0 Å². The van der Waals surface area contributed by atoms with E-state index in [2.05, 4.69) is 24.1 Å². The molecule has 94 valence electrons. The van der Waals surface area contributed by atoms with E-state index in [1.807, 2.05) is 14.1 Å². The van der Waals surface area contributed by atoms with Gasteiger partial charge in [0.05, 0.1) is 6.42 Å². The van der Waals surface area contributed by atoms with E-state index >= 15 is 0 Å². The van der Waals surface area contributed by atoms with Crippen LogP contribution < -0.4 is 5.32 Å². The summed E-state index contributed by atoms with van der Waals surface area (Å²) in [5.41, 5.74) is 0. The summed E-state index contributed by atoms with van der Waals surface area (Å²) in [6, 6.07) is 0.330. The molecule has 4 nitrogen and oxygen atoms in total. The van der Waals surface area contributed by atoms with Crippen molar-refractivity contribution in [1.82, 2.24) is 10.2 Å². The van der Waals surface area contributed by atoms with Gasteiger partial charge < -0.3 is 10.2 Å². The number of likely N-dealkylation sites (N-methyl/N-ethyl adjacent to an activating group) is 1. The Hall–Kier alpha value is -0.900. The van der Waals surface area contributed by atoms with Crippen LogP contribution in [0.2, 0.25) is 0 Å². The van der Waals surface area contributed by atoms with E-state index in [0.717, 1.165) is 6.42 Å². The Morgan fingerprint density at radius 1 is 1.25 bits per heavy atom. The topological polar surface area (TPSA) is 49.4 Å². The monoisotopic (exact) mass is 228 g/mol. The maximum atomic E-state index is 11.3. The zero-order chi connectivity index (χ0) is 12.7. The van der Waals surface area contributed by atoms with Gasteiger partial charge >= 0.3 is 0 Å². The van der Waals surface area contributed by atoms with Crippen LogP contribution in [-0.4, -0.2) is 43.3 Å². The van der Waals surface area contributed by atoms with Crippen molar-refractivity contribution in [2.75, 3.05) is 20.6 Å². The molecule has 0 aromatic heterocycles. The number of Topliss-reactive ketones (excluding diaryl/α,β-unsaturated/α-hetero) is 1. The number of rotatable bonds is 7. The van der Waals surface area contributed by atoms with Gasteiger partial charge in [-0.3, -0.25) is 9.59 Å². The van der Waals surface area contributed by atoms with Gasteiger partial charge in [0.2, 0.25) is 5.91 Å². The van der Waals surface area contributed by atoms with Crippen molar-refractivity contribution < 1.29 is 9.59 Å². The Morgan fingerprint density at radius 3 is 2.19 bits per heavy atom. The fourth-order valence-corrected chi connectivity index (χ4v) is 1.54. The fourth-order valence-electron chi connectivity index (χ4n) is 1.54. The molecule has 1 atom stereocenters. The molecular formula is C12H24N2O2. The molecule has 0 rings (SSSR count). The third kappa shape index (κ3) is 7.40. The van der Waals surface area contributed by atoms with Crippen LogP contribution in [-0.2, 0) is 9.59 Å². The molecule has 1 amide bonds. The van der Waals surface area contributed by atoms with Crippen molar-refractivity contribution in [3.8, 4) is 0 Å². The minimum absolute atomic E-state index is 0.0121. The average Bonchev–Trinajstić information content (AvgIpc) is 2.09. The molecular weight excluding hydrogens is 204 g/mol. The lowest BCUT2D eigenvalue weighted by molar-refractivity contribution is -0.127. The molecule has 0 saturated heterocycles. The SMILES string of the molecule is CC(=O)CC(=O)NCC(CC(C)C)N(C)C. The first kappa shape index (κ1) is 15.1. The van der Waals surface area contributed by atoms with Gasteiger partial charge in [0.15, 0.2) is 0 Å². The summed E-state index contributed by atoms with van der Waals surface area (Å²) < 4.78 is 0. The number of carbonyl (C=O) groups excluding carboxylic acids is 2. The zero-order valence-corrected chi connectivity index (χ0v) is 11.0. The highest BCUT2D eigenvalue weighted by atomic mass is 16.2. The van der Waals surface area contributed by atoms with E-state index in [-0.39, 0.29) is 18.1 Å². The van der Waals surface area contributed by atoms with E-state index in [1.54, 1.807) is 0 Å². The molecule has 0 radical (unpaired) electrons. The van der Waals surface area contributed by atoms with Crippen molar-refractivity contribution in [3.63, 3.8) is 0 Å². The van der Waals surface area contributed by atoms with Gasteiger partial charge in [-0.2, -0.15) is 0 Å². The lowest BCUT2D eigenvalue weighted by Crippen LogP contribution is -2.41. The van der Waals surface area contributed by atoms with Gasteiger partial charge in [0, 0.05) is 12.6 Å². The van der Waals surface area contributed by atoms with Crippen LogP contribution in [0.25, 0.3) is 0 Å². The molecule has 0 aliphatic rings.